The lowest BCUT2D eigenvalue weighted by atomic mass is 9.84. The van der Waals surface area contributed by atoms with Crippen LogP contribution in [0.15, 0.2) is 0 Å². The lowest BCUT2D eigenvalue weighted by Crippen LogP contribution is -2.60. The van der Waals surface area contributed by atoms with Crippen LogP contribution in [0.1, 0.15) is 25.7 Å². The van der Waals surface area contributed by atoms with Crippen molar-refractivity contribution < 1.29 is 19.4 Å². The second-order valence-corrected chi connectivity index (χ2v) is 4.73. The van der Waals surface area contributed by atoms with E-state index in [9.17, 15) is 9.59 Å². The van der Waals surface area contributed by atoms with Crippen LogP contribution < -0.4 is 0 Å². The quantitative estimate of drug-likeness (QED) is 0.712. The molecular weight excluding hydrogens is 210 g/mol. The predicted octanol–water partition coefficient (Wildman–Crippen LogP) is 0.489. The van der Waals surface area contributed by atoms with Crippen molar-refractivity contribution in [2.75, 3.05) is 20.3 Å². The van der Waals surface area contributed by atoms with E-state index in [2.05, 4.69) is 0 Å². The molecule has 1 amide bonds. The van der Waals surface area contributed by atoms with Gasteiger partial charge < -0.3 is 14.7 Å². The summed E-state index contributed by atoms with van der Waals surface area (Å²) in [5.74, 6) is -1.35. The number of amides is 1. The van der Waals surface area contributed by atoms with Gasteiger partial charge in [0.2, 0.25) is 5.91 Å². The van der Waals surface area contributed by atoms with E-state index >= 15 is 0 Å². The van der Waals surface area contributed by atoms with E-state index in [0.717, 1.165) is 25.7 Å². The van der Waals surface area contributed by atoms with Gasteiger partial charge in [-0.3, -0.25) is 9.59 Å². The minimum absolute atomic E-state index is 0.0121. The first kappa shape index (κ1) is 11.4. The Balaban J connectivity index is 2.08. The summed E-state index contributed by atoms with van der Waals surface area (Å²) >= 11 is 0. The first-order valence-corrected chi connectivity index (χ1v) is 5.66. The first-order valence-electron chi connectivity index (χ1n) is 5.66. The van der Waals surface area contributed by atoms with Crippen LogP contribution in [0, 0.1) is 5.41 Å². The number of carbonyl (C=O) groups excluding carboxylic acids is 1. The third-order valence-corrected chi connectivity index (χ3v) is 3.71. The Bertz CT molecular complexity index is 305. The number of carboxylic acids is 1. The van der Waals surface area contributed by atoms with E-state index in [0.29, 0.717) is 0 Å². The molecule has 1 heterocycles. The molecule has 5 heteroatoms. The second kappa shape index (κ2) is 4.05. The number of hydrogen-bond acceptors (Lipinski definition) is 3. The molecule has 0 aromatic rings. The van der Waals surface area contributed by atoms with Crippen LogP contribution in [0.3, 0.4) is 0 Å². The van der Waals surface area contributed by atoms with Crippen molar-refractivity contribution in [2.45, 2.75) is 31.7 Å². The third-order valence-electron chi connectivity index (χ3n) is 3.71. The molecule has 1 saturated carbocycles. The van der Waals surface area contributed by atoms with Crippen LogP contribution in [0.25, 0.3) is 0 Å². The maximum Gasteiger partial charge on any atom is 0.324 e. The van der Waals surface area contributed by atoms with Crippen molar-refractivity contribution in [3.05, 3.63) is 0 Å². The molecular formula is C11H17NO4. The zero-order valence-corrected chi connectivity index (χ0v) is 9.44. The lowest BCUT2D eigenvalue weighted by Gasteiger charge is -2.40. The van der Waals surface area contributed by atoms with Crippen LogP contribution in [0.2, 0.25) is 0 Å². The number of carboxylic acid groups (broad SMARTS) is 1. The molecule has 0 aromatic carbocycles. The predicted molar refractivity (Wildman–Crippen MR) is 55.9 cm³/mol. The molecule has 0 unspecified atom stereocenters. The monoisotopic (exact) mass is 227 g/mol. The van der Waals surface area contributed by atoms with E-state index < -0.39 is 11.4 Å². The van der Waals surface area contributed by atoms with E-state index in [4.69, 9.17) is 9.84 Å². The summed E-state index contributed by atoms with van der Waals surface area (Å²) in [6.45, 7) is 0.0243. The smallest absolute Gasteiger partial charge is 0.324 e. The Morgan fingerprint density at radius 3 is 2.25 bits per heavy atom. The van der Waals surface area contributed by atoms with Crippen LogP contribution in [0.5, 0.6) is 0 Å². The van der Waals surface area contributed by atoms with Crippen molar-refractivity contribution in [1.82, 2.24) is 4.90 Å². The molecule has 1 N–H and O–H groups in total. The highest BCUT2D eigenvalue weighted by Gasteiger charge is 2.55. The van der Waals surface area contributed by atoms with Gasteiger partial charge in [0.25, 0.3) is 0 Å². The van der Waals surface area contributed by atoms with Crippen molar-refractivity contribution in [2.24, 2.45) is 5.41 Å². The Labute approximate surface area is 94.4 Å². The molecule has 0 radical (unpaired) electrons. The first-order chi connectivity index (χ1) is 7.58. The second-order valence-electron chi connectivity index (χ2n) is 4.73. The van der Waals surface area contributed by atoms with Gasteiger partial charge in [-0.2, -0.15) is 0 Å². The Morgan fingerprint density at radius 2 is 1.88 bits per heavy atom. The lowest BCUT2D eigenvalue weighted by molar-refractivity contribution is -0.191. The van der Waals surface area contributed by atoms with Gasteiger partial charge >= 0.3 is 5.97 Å². The van der Waals surface area contributed by atoms with E-state index in [-0.39, 0.29) is 25.2 Å². The standard InChI is InChI=1S/C11H17NO4/c1-12(8-4-2-3-5-8)9(13)11(10(14)15)6-16-7-11/h8H,2-7H2,1H3,(H,14,15). The Hall–Kier alpha value is -1.10. The average Bonchev–Trinajstić information content (AvgIpc) is 2.66. The molecule has 2 rings (SSSR count). The highest BCUT2D eigenvalue weighted by Crippen LogP contribution is 2.33. The fraction of sp³-hybridized carbons (Fsp3) is 0.818. The molecule has 1 saturated heterocycles. The van der Waals surface area contributed by atoms with Gasteiger partial charge in [-0.25, -0.2) is 0 Å². The summed E-state index contributed by atoms with van der Waals surface area (Å²) < 4.78 is 4.91. The summed E-state index contributed by atoms with van der Waals surface area (Å²) in [6.07, 6.45) is 4.22. The molecule has 0 aromatic heterocycles. The minimum atomic E-state index is -1.31. The van der Waals surface area contributed by atoms with Crippen molar-refractivity contribution in [3.8, 4) is 0 Å². The normalized spacial score (nSPS) is 23.8. The van der Waals surface area contributed by atoms with Crippen LogP contribution in [-0.4, -0.2) is 48.2 Å². The van der Waals surface area contributed by atoms with Gasteiger partial charge in [0.15, 0.2) is 5.41 Å². The summed E-state index contributed by atoms with van der Waals surface area (Å²) in [5.41, 5.74) is -1.31. The molecule has 1 aliphatic carbocycles. The Kier molecular flexibility index (Phi) is 2.88. The molecule has 5 nitrogen and oxygen atoms in total. The molecule has 2 aliphatic rings. The maximum absolute atomic E-state index is 12.1. The van der Waals surface area contributed by atoms with Gasteiger partial charge in [-0.1, -0.05) is 12.8 Å². The topological polar surface area (TPSA) is 66.8 Å². The number of hydrogen-bond donors (Lipinski definition) is 1. The Morgan fingerprint density at radius 1 is 1.31 bits per heavy atom. The van der Waals surface area contributed by atoms with Crippen molar-refractivity contribution >= 4 is 11.9 Å². The summed E-state index contributed by atoms with van der Waals surface area (Å²) in [7, 11) is 1.71. The van der Waals surface area contributed by atoms with E-state index in [1.165, 1.54) is 0 Å². The SMILES string of the molecule is CN(C(=O)C1(C(=O)O)COC1)C1CCCC1. The summed E-state index contributed by atoms with van der Waals surface area (Å²) in [4.78, 5) is 24.9. The molecule has 1 aliphatic heterocycles. The minimum Gasteiger partial charge on any atom is -0.480 e. The van der Waals surface area contributed by atoms with Gasteiger partial charge in [0.1, 0.15) is 0 Å². The fourth-order valence-corrected chi connectivity index (χ4v) is 2.44. The number of ether oxygens (including phenoxy) is 1. The van der Waals surface area contributed by atoms with Gasteiger partial charge in [-0.05, 0) is 12.8 Å². The van der Waals surface area contributed by atoms with Crippen LogP contribution in [-0.2, 0) is 14.3 Å². The largest absolute Gasteiger partial charge is 0.480 e. The highest BCUT2D eigenvalue weighted by atomic mass is 16.5. The van der Waals surface area contributed by atoms with Gasteiger partial charge in [-0.15, -0.1) is 0 Å². The average molecular weight is 227 g/mol. The maximum atomic E-state index is 12.1. The molecule has 0 atom stereocenters. The van der Waals surface area contributed by atoms with E-state index in [1.54, 1.807) is 11.9 Å². The number of nitrogens with zero attached hydrogens (tertiary/aromatic N) is 1. The summed E-state index contributed by atoms with van der Waals surface area (Å²) in [6, 6.07) is 0.212. The fourth-order valence-electron chi connectivity index (χ4n) is 2.44. The van der Waals surface area contributed by atoms with Crippen molar-refractivity contribution in [1.29, 1.82) is 0 Å². The zero-order chi connectivity index (χ0) is 11.8. The van der Waals surface area contributed by atoms with Crippen molar-refractivity contribution in [3.63, 3.8) is 0 Å². The van der Waals surface area contributed by atoms with Crippen LogP contribution in [0.4, 0.5) is 0 Å². The highest BCUT2D eigenvalue weighted by molar-refractivity contribution is 6.03. The molecule has 0 spiro atoms. The molecule has 90 valence electrons. The zero-order valence-electron chi connectivity index (χ0n) is 9.44. The van der Waals surface area contributed by atoms with Gasteiger partial charge in [0.05, 0.1) is 13.2 Å². The number of rotatable bonds is 3. The summed E-state index contributed by atoms with van der Waals surface area (Å²) in [5, 5.41) is 9.12. The number of aliphatic carboxylic acids is 1. The molecule has 2 fully saturated rings. The van der Waals surface area contributed by atoms with Gasteiger partial charge in [0, 0.05) is 13.1 Å². The molecule has 0 bridgehead atoms. The van der Waals surface area contributed by atoms with Crippen LogP contribution >= 0.6 is 0 Å². The number of carbonyl (C=O) groups is 2. The third kappa shape index (κ3) is 1.59. The molecule has 16 heavy (non-hydrogen) atoms. The van der Waals surface area contributed by atoms with E-state index in [1.807, 2.05) is 0 Å².